The molecule has 1 aromatic carbocycles. The predicted octanol–water partition coefficient (Wildman–Crippen LogP) is 5.19. The third-order valence-electron chi connectivity index (χ3n) is 10.1. The third kappa shape index (κ3) is 2.77. The van der Waals surface area contributed by atoms with Gasteiger partial charge >= 0.3 is 5.97 Å². The van der Waals surface area contributed by atoms with Gasteiger partial charge in [-0.15, -0.1) is 0 Å². The van der Waals surface area contributed by atoms with Crippen molar-refractivity contribution in [2.75, 3.05) is 13.2 Å². The van der Waals surface area contributed by atoms with Crippen molar-refractivity contribution in [3.63, 3.8) is 0 Å². The molecule has 2 saturated carbocycles. The summed E-state index contributed by atoms with van der Waals surface area (Å²) in [6, 6.07) is 10.3. The molecule has 5 fully saturated rings. The first-order valence-corrected chi connectivity index (χ1v) is 12.5. The molecule has 0 unspecified atom stereocenters. The fraction of sp³-hybridized carbons (Fsp3) is 0.741. The summed E-state index contributed by atoms with van der Waals surface area (Å²) in [6.07, 6.45) is 6.72. The second kappa shape index (κ2) is 7.04. The van der Waals surface area contributed by atoms with Gasteiger partial charge in [-0.1, -0.05) is 51.1 Å². The fourth-order valence-corrected chi connectivity index (χ4v) is 8.35. The van der Waals surface area contributed by atoms with Gasteiger partial charge in [-0.25, -0.2) is 0 Å². The minimum atomic E-state index is -0.411. The minimum Gasteiger partial charge on any atom is -0.463 e. The van der Waals surface area contributed by atoms with Crippen LogP contribution in [0.3, 0.4) is 0 Å². The quantitative estimate of drug-likeness (QED) is 0.563. The van der Waals surface area contributed by atoms with Gasteiger partial charge in [-0.2, -0.15) is 0 Å². The van der Waals surface area contributed by atoms with Gasteiger partial charge in [0.2, 0.25) is 0 Å². The Kier molecular flexibility index (Phi) is 4.65. The van der Waals surface area contributed by atoms with Gasteiger partial charge in [0, 0.05) is 16.4 Å². The van der Waals surface area contributed by atoms with E-state index in [1.165, 1.54) is 6.42 Å². The molecule has 3 heterocycles. The molecule has 0 amide bonds. The lowest BCUT2D eigenvalue weighted by Gasteiger charge is -2.66. The lowest BCUT2D eigenvalue weighted by molar-refractivity contribution is -0.331. The van der Waals surface area contributed by atoms with Crippen LogP contribution in [0.15, 0.2) is 30.3 Å². The number of hydrogen-bond donors (Lipinski definition) is 0. The summed E-state index contributed by atoms with van der Waals surface area (Å²) >= 11 is 0. The Morgan fingerprint density at radius 2 is 1.78 bits per heavy atom. The van der Waals surface area contributed by atoms with E-state index in [2.05, 4.69) is 32.9 Å². The molecule has 0 radical (unpaired) electrons. The number of esters is 1. The average Bonchev–Trinajstić information content (AvgIpc) is 3.35. The zero-order valence-corrected chi connectivity index (χ0v) is 19.6. The first-order chi connectivity index (χ1) is 15.3. The number of carbonyl (C=O) groups is 1. The van der Waals surface area contributed by atoms with Gasteiger partial charge in [0.1, 0.15) is 12.2 Å². The summed E-state index contributed by atoms with van der Waals surface area (Å²) in [6.45, 7) is 8.36. The van der Waals surface area contributed by atoms with Crippen molar-refractivity contribution in [2.24, 2.45) is 22.7 Å². The Morgan fingerprint density at radius 3 is 2.53 bits per heavy atom. The highest BCUT2D eigenvalue weighted by Crippen LogP contribution is 2.69. The molecule has 174 valence electrons. The molecule has 5 heteroatoms. The first-order valence-electron chi connectivity index (χ1n) is 12.5. The van der Waals surface area contributed by atoms with Gasteiger partial charge in [-0.3, -0.25) is 4.79 Å². The second-order valence-corrected chi connectivity index (χ2v) is 11.7. The van der Waals surface area contributed by atoms with E-state index in [1.54, 1.807) is 0 Å². The Labute approximate surface area is 191 Å². The van der Waals surface area contributed by atoms with Gasteiger partial charge in [0.15, 0.2) is 6.29 Å². The molecule has 2 aliphatic carbocycles. The molecule has 6 rings (SSSR count). The minimum absolute atomic E-state index is 0.0352. The maximum absolute atomic E-state index is 12.0. The highest BCUT2D eigenvalue weighted by Gasteiger charge is 2.70. The van der Waals surface area contributed by atoms with Crippen molar-refractivity contribution < 1.29 is 23.7 Å². The molecular weight excluding hydrogens is 404 g/mol. The fourth-order valence-electron chi connectivity index (χ4n) is 8.35. The van der Waals surface area contributed by atoms with Crippen molar-refractivity contribution in [1.29, 1.82) is 0 Å². The van der Waals surface area contributed by atoms with Crippen LogP contribution in [0.1, 0.15) is 77.6 Å². The lowest BCUT2D eigenvalue weighted by atomic mass is 9.43. The molecule has 1 aromatic rings. The van der Waals surface area contributed by atoms with Crippen molar-refractivity contribution in [2.45, 2.75) is 89.3 Å². The smallest absolute Gasteiger partial charge is 0.308 e. The standard InChI is InChI=1S/C27H36O5/c1-18-9-10-20-24(2)16-30-23(19-7-5-4-6-8-19)31-21(24)11-12-25(20,3)27(18)14-13-26(32-27)15-22(28)29-17-26/h4-8,18,20-21,23H,9-17H2,1-3H3/t18-,20-,21+,23-,24-,25-,26+,27-/m0/s1. The van der Waals surface area contributed by atoms with E-state index in [-0.39, 0.29) is 34.8 Å². The molecule has 2 spiro atoms. The summed E-state index contributed by atoms with van der Waals surface area (Å²) in [7, 11) is 0. The second-order valence-electron chi connectivity index (χ2n) is 11.7. The van der Waals surface area contributed by atoms with Crippen LogP contribution >= 0.6 is 0 Å². The highest BCUT2D eigenvalue weighted by molar-refractivity contribution is 5.73. The molecule has 8 atom stereocenters. The number of ether oxygens (including phenoxy) is 4. The number of carbonyl (C=O) groups excluding carboxylic acids is 1. The summed E-state index contributed by atoms with van der Waals surface area (Å²) in [5.74, 6) is 0.834. The predicted molar refractivity (Wildman–Crippen MR) is 119 cm³/mol. The number of rotatable bonds is 1. The lowest BCUT2D eigenvalue weighted by Crippen LogP contribution is -2.67. The van der Waals surface area contributed by atoms with Crippen LogP contribution in [0.2, 0.25) is 0 Å². The van der Waals surface area contributed by atoms with E-state index in [9.17, 15) is 4.79 Å². The van der Waals surface area contributed by atoms with E-state index in [1.807, 2.05) is 18.2 Å². The van der Waals surface area contributed by atoms with Crippen LogP contribution in [0.25, 0.3) is 0 Å². The molecule has 3 aliphatic heterocycles. The molecule has 5 nitrogen and oxygen atoms in total. The van der Waals surface area contributed by atoms with Gasteiger partial charge in [0.25, 0.3) is 0 Å². The molecule has 0 aromatic heterocycles. The van der Waals surface area contributed by atoms with Crippen LogP contribution in [-0.2, 0) is 23.7 Å². The summed E-state index contributed by atoms with van der Waals surface area (Å²) in [5, 5.41) is 0. The van der Waals surface area contributed by atoms with Crippen molar-refractivity contribution in [3.8, 4) is 0 Å². The molecule has 3 saturated heterocycles. The van der Waals surface area contributed by atoms with Crippen LogP contribution in [0.4, 0.5) is 0 Å². The maximum Gasteiger partial charge on any atom is 0.308 e. The molecule has 5 aliphatic rings. The van der Waals surface area contributed by atoms with E-state index in [4.69, 9.17) is 18.9 Å². The summed E-state index contributed by atoms with van der Waals surface area (Å²) in [5.41, 5.74) is 0.493. The van der Waals surface area contributed by atoms with Gasteiger partial charge in [0.05, 0.1) is 24.7 Å². The highest BCUT2D eigenvalue weighted by atomic mass is 16.7. The van der Waals surface area contributed by atoms with Crippen LogP contribution in [0.5, 0.6) is 0 Å². The van der Waals surface area contributed by atoms with Crippen LogP contribution in [0, 0.1) is 22.7 Å². The summed E-state index contributed by atoms with van der Waals surface area (Å²) in [4.78, 5) is 12.0. The van der Waals surface area contributed by atoms with E-state index in [0.717, 1.165) is 37.7 Å². The van der Waals surface area contributed by atoms with E-state index in [0.29, 0.717) is 31.5 Å². The number of fused-ring (bicyclic) bond motifs is 4. The van der Waals surface area contributed by atoms with E-state index < -0.39 is 5.60 Å². The molecule has 32 heavy (non-hydrogen) atoms. The average molecular weight is 441 g/mol. The monoisotopic (exact) mass is 440 g/mol. The number of cyclic esters (lactones) is 1. The first kappa shape index (κ1) is 21.1. The number of benzene rings is 1. The van der Waals surface area contributed by atoms with E-state index >= 15 is 0 Å². The van der Waals surface area contributed by atoms with Gasteiger partial charge < -0.3 is 18.9 Å². The van der Waals surface area contributed by atoms with Crippen LogP contribution in [-0.4, -0.2) is 36.5 Å². The summed E-state index contributed by atoms with van der Waals surface area (Å²) < 4.78 is 25.5. The number of hydrogen-bond acceptors (Lipinski definition) is 5. The maximum atomic E-state index is 12.0. The molecular formula is C27H36O5. The Hall–Kier alpha value is -1.43. The Balaban J connectivity index is 1.30. The SMILES string of the molecule is C[C@H]1CC[C@H]2[C@]3(C)CO[C@H](c4ccccc4)O[C@@H]3CC[C@]2(C)[C@]12CC[C@@]1(COC(=O)C1)O2. The zero-order chi connectivity index (χ0) is 22.2. The Bertz CT molecular complexity index is 903. The largest absolute Gasteiger partial charge is 0.463 e. The molecule has 0 bridgehead atoms. The third-order valence-corrected chi connectivity index (χ3v) is 10.1. The molecule has 0 N–H and O–H groups in total. The Morgan fingerprint density at radius 1 is 0.969 bits per heavy atom. The van der Waals surface area contributed by atoms with Crippen molar-refractivity contribution in [3.05, 3.63) is 35.9 Å². The normalized spacial score (nSPS) is 50.3. The zero-order valence-electron chi connectivity index (χ0n) is 19.6. The van der Waals surface area contributed by atoms with Crippen molar-refractivity contribution in [1.82, 2.24) is 0 Å². The topological polar surface area (TPSA) is 54.0 Å². The van der Waals surface area contributed by atoms with Crippen molar-refractivity contribution >= 4 is 5.97 Å². The van der Waals surface area contributed by atoms with Gasteiger partial charge in [-0.05, 0) is 50.4 Å². The van der Waals surface area contributed by atoms with Crippen LogP contribution < -0.4 is 0 Å².